The first-order valence-corrected chi connectivity index (χ1v) is 11.0. The first kappa shape index (κ1) is 26.8. The highest BCUT2D eigenvalue weighted by molar-refractivity contribution is 6.31. The molecule has 9 nitrogen and oxygen atoms in total. The number of hydrogen-bond donors (Lipinski definition) is 2. The number of benzene rings is 2. The van der Waals surface area contributed by atoms with Crippen LogP contribution >= 0.6 is 11.6 Å². The minimum atomic E-state index is -1.41. The Morgan fingerprint density at radius 2 is 1.94 bits per heavy atom. The van der Waals surface area contributed by atoms with Crippen molar-refractivity contribution in [3.8, 4) is 11.6 Å². The summed E-state index contributed by atoms with van der Waals surface area (Å²) in [6.07, 6.45) is -0.260. The number of nitrogens with zero attached hydrogens (tertiary/aromatic N) is 3. The summed E-state index contributed by atoms with van der Waals surface area (Å²) in [5.41, 5.74) is 0.439. The van der Waals surface area contributed by atoms with Gasteiger partial charge in [0.05, 0.1) is 12.2 Å². The fraction of sp³-hybridized carbons (Fsp3) is 0.250. The van der Waals surface area contributed by atoms with Crippen molar-refractivity contribution in [1.29, 1.82) is 0 Å². The molecule has 3 aromatic rings. The van der Waals surface area contributed by atoms with Gasteiger partial charge in [0.2, 0.25) is 5.88 Å². The van der Waals surface area contributed by atoms with Gasteiger partial charge in [-0.1, -0.05) is 17.7 Å². The maximum absolute atomic E-state index is 13.8. The second kappa shape index (κ2) is 11.3. The van der Waals surface area contributed by atoms with Gasteiger partial charge < -0.3 is 20.1 Å². The third-order valence-corrected chi connectivity index (χ3v) is 5.50. The molecule has 0 bridgehead atoms. The minimum absolute atomic E-state index is 0.0467. The number of carbonyl (C=O) groups excluding carboxylic acids is 2. The normalized spacial score (nSPS) is 11.6. The summed E-state index contributed by atoms with van der Waals surface area (Å²) in [5.74, 6) is -2.93. The van der Waals surface area contributed by atoms with E-state index in [0.717, 1.165) is 17.0 Å². The number of hydrogen-bond acceptors (Lipinski definition) is 6. The van der Waals surface area contributed by atoms with Crippen molar-refractivity contribution >= 4 is 23.4 Å². The Kier molecular flexibility index (Phi) is 8.38. The third-order valence-electron chi connectivity index (χ3n) is 5.18. The van der Waals surface area contributed by atoms with E-state index >= 15 is 0 Å². The van der Waals surface area contributed by atoms with Gasteiger partial charge in [-0.3, -0.25) is 19.0 Å². The first-order chi connectivity index (χ1) is 17.0. The van der Waals surface area contributed by atoms with Crippen LogP contribution in [-0.2, 0) is 11.4 Å². The molecular weight excluding hydrogens is 498 g/mol. The fourth-order valence-electron chi connectivity index (χ4n) is 3.16. The topological polar surface area (TPSA) is 114 Å². The van der Waals surface area contributed by atoms with Crippen LogP contribution in [-0.4, -0.2) is 58.1 Å². The van der Waals surface area contributed by atoms with E-state index in [1.54, 1.807) is 13.0 Å². The fourth-order valence-corrected chi connectivity index (χ4v) is 3.35. The molecule has 0 fully saturated rings. The van der Waals surface area contributed by atoms with Crippen molar-refractivity contribution in [3.05, 3.63) is 86.4 Å². The zero-order valence-electron chi connectivity index (χ0n) is 19.6. The van der Waals surface area contributed by atoms with Gasteiger partial charge in [0.15, 0.2) is 5.02 Å². The minimum Gasteiger partial charge on any atom is -0.471 e. The predicted octanol–water partition coefficient (Wildman–Crippen LogP) is 2.23. The van der Waals surface area contributed by atoms with Crippen molar-refractivity contribution in [2.45, 2.75) is 19.6 Å². The van der Waals surface area contributed by atoms with Gasteiger partial charge in [-0.2, -0.15) is 0 Å². The van der Waals surface area contributed by atoms with Crippen molar-refractivity contribution < 1.29 is 28.2 Å². The largest absolute Gasteiger partial charge is 0.471 e. The molecule has 1 aromatic heterocycles. The zero-order chi connectivity index (χ0) is 26.6. The molecule has 0 saturated carbocycles. The monoisotopic (exact) mass is 520 g/mol. The molecule has 0 aliphatic carbocycles. The molecule has 1 atom stereocenters. The average Bonchev–Trinajstić information content (AvgIpc) is 2.84. The lowest BCUT2D eigenvalue weighted by Gasteiger charge is -2.17. The molecule has 0 unspecified atom stereocenters. The van der Waals surface area contributed by atoms with Gasteiger partial charge in [-0.15, -0.1) is 0 Å². The van der Waals surface area contributed by atoms with E-state index in [-0.39, 0.29) is 35.2 Å². The second-order valence-corrected chi connectivity index (χ2v) is 8.40. The molecule has 0 spiro atoms. The molecule has 0 aliphatic rings. The smallest absolute Gasteiger partial charge is 0.280 e. The number of aliphatic hydroxyl groups excluding tert-OH is 1. The Labute approximate surface area is 209 Å². The van der Waals surface area contributed by atoms with E-state index in [9.17, 15) is 28.3 Å². The highest BCUT2D eigenvalue weighted by Crippen LogP contribution is 2.22. The molecule has 3 rings (SSSR count). The number of rotatable bonds is 8. The van der Waals surface area contributed by atoms with Crippen LogP contribution in [0.1, 0.15) is 21.5 Å². The summed E-state index contributed by atoms with van der Waals surface area (Å²) in [6.45, 7) is 1.07. The van der Waals surface area contributed by atoms with Gasteiger partial charge in [0.1, 0.15) is 30.7 Å². The van der Waals surface area contributed by atoms with Crippen LogP contribution in [0.3, 0.4) is 0 Å². The predicted molar refractivity (Wildman–Crippen MR) is 127 cm³/mol. The highest BCUT2D eigenvalue weighted by atomic mass is 35.5. The standard InChI is InChI=1S/C24H23ClF2N4O5/c1-13-4-5-14(21(33)28-10-19(32)23(34)30(2)3)8-18(13)31-12-29-22(20(25)24(31)35)36-11-15-6-7-16(26)9-17(15)27/h4-9,12,19,32H,10-11H2,1-3H3,(H,28,33)/t19-/m0/s1. The van der Waals surface area contributed by atoms with E-state index in [2.05, 4.69) is 10.3 Å². The van der Waals surface area contributed by atoms with E-state index < -0.39 is 35.1 Å². The lowest BCUT2D eigenvalue weighted by Crippen LogP contribution is -2.42. The Morgan fingerprint density at radius 1 is 1.22 bits per heavy atom. The van der Waals surface area contributed by atoms with Crippen LogP contribution in [0.25, 0.3) is 5.69 Å². The van der Waals surface area contributed by atoms with Crippen LogP contribution in [0, 0.1) is 18.6 Å². The Bertz CT molecular complexity index is 1360. The lowest BCUT2D eigenvalue weighted by molar-refractivity contribution is -0.137. The summed E-state index contributed by atoms with van der Waals surface area (Å²) >= 11 is 6.16. The van der Waals surface area contributed by atoms with Crippen molar-refractivity contribution in [2.75, 3.05) is 20.6 Å². The van der Waals surface area contributed by atoms with Gasteiger partial charge >= 0.3 is 0 Å². The van der Waals surface area contributed by atoms with Gasteiger partial charge in [-0.05, 0) is 36.8 Å². The first-order valence-electron chi connectivity index (χ1n) is 10.6. The van der Waals surface area contributed by atoms with Crippen molar-refractivity contribution in [2.24, 2.45) is 0 Å². The molecule has 2 aromatic carbocycles. The molecule has 12 heteroatoms. The molecule has 2 amide bonds. The quantitative estimate of drug-likeness (QED) is 0.471. The number of amides is 2. The molecule has 1 heterocycles. The number of aromatic nitrogens is 2. The number of likely N-dealkylation sites (N-methyl/N-ethyl adjacent to an activating group) is 1. The number of aryl methyl sites for hydroxylation is 1. The maximum atomic E-state index is 13.8. The van der Waals surface area contributed by atoms with E-state index in [0.29, 0.717) is 17.3 Å². The molecular formula is C24H23ClF2N4O5. The van der Waals surface area contributed by atoms with Crippen LogP contribution in [0.4, 0.5) is 8.78 Å². The molecule has 0 saturated heterocycles. The Hall–Kier alpha value is -3.83. The summed E-state index contributed by atoms with van der Waals surface area (Å²) < 4.78 is 33.4. The van der Waals surface area contributed by atoms with Crippen LogP contribution in [0.5, 0.6) is 5.88 Å². The molecule has 0 radical (unpaired) electrons. The summed E-state index contributed by atoms with van der Waals surface area (Å²) in [5, 5.41) is 12.0. The number of ether oxygens (including phenoxy) is 1. The number of carbonyl (C=O) groups is 2. The summed E-state index contributed by atoms with van der Waals surface area (Å²) in [6, 6.07) is 7.53. The van der Waals surface area contributed by atoms with Gasteiger partial charge in [0, 0.05) is 31.3 Å². The third kappa shape index (κ3) is 6.04. The average molecular weight is 521 g/mol. The van der Waals surface area contributed by atoms with Crippen LogP contribution in [0.2, 0.25) is 5.02 Å². The van der Waals surface area contributed by atoms with E-state index in [1.165, 1.54) is 37.2 Å². The molecule has 190 valence electrons. The SMILES string of the molecule is Cc1ccc(C(=O)NC[C@H](O)C(=O)N(C)C)cc1-n1cnc(OCc2ccc(F)cc2F)c(Cl)c1=O. The van der Waals surface area contributed by atoms with Crippen molar-refractivity contribution in [3.63, 3.8) is 0 Å². The van der Waals surface area contributed by atoms with Gasteiger partial charge in [-0.25, -0.2) is 13.8 Å². The number of nitrogens with one attached hydrogen (secondary N) is 1. The molecule has 0 aliphatic heterocycles. The number of aliphatic hydroxyl groups is 1. The van der Waals surface area contributed by atoms with Crippen molar-refractivity contribution in [1.82, 2.24) is 19.8 Å². The summed E-state index contributed by atoms with van der Waals surface area (Å²) in [7, 11) is 2.96. The van der Waals surface area contributed by atoms with Crippen LogP contribution < -0.4 is 15.6 Å². The number of halogens is 3. The molecule has 2 N–H and O–H groups in total. The van der Waals surface area contributed by atoms with E-state index in [1.807, 2.05) is 0 Å². The summed E-state index contributed by atoms with van der Waals surface area (Å²) in [4.78, 5) is 42.5. The maximum Gasteiger partial charge on any atom is 0.280 e. The Balaban J connectivity index is 1.80. The zero-order valence-corrected chi connectivity index (χ0v) is 20.3. The van der Waals surface area contributed by atoms with Gasteiger partial charge in [0.25, 0.3) is 17.4 Å². The Morgan fingerprint density at radius 3 is 2.61 bits per heavy atom. The highest BCUT2D eigenvalue weighted by Gasteiger charge is 2.19. The second-order valence-electron chi connectivity index (χ2n) is 8.02. The van der Waals surface area contributed by atoms with E-state index in [4.69, 9.17) is 16.3 Å². The lowest BCUT2D eigenvalue weighted by atomic mass is 10.1. The van der Waals surface area contributed by atoms with Crippen LogP contribution in [0.15, 0.2) is 47.5 Å². The molecule has 36 heavy (non-hydrogen) atoms.